The number of nitrogens with one attached hydrogen (secondary N) is 1. The minimum absolute atomic E-state index is 0.0350. The molecule has 0 heterocycles. The number of amides is 1. The van der Waals surface area contributed by atoms with Crippen molar-refractivity contribution in [3.63, 3.8) is 0 Å². The van der Waals surface area contributed by atoms with Crippen molar-refractivity contribution in [2.45, 2.75) is 13.0 Å². The van der Waals surface area contributed by atoms with Crippen molar-refractivity contribution in [1.82, 2.24) is 0 Å². The molecule has 0 atom stereocenters. The summed E-state index contributed by atoms with van der Waals surface area (Å²) < 4.78 is 0. The molecule has 0 aromatic heterocycles. The van der Waals surface area contributed by atoms with Crippen molar-refractivity contribution in [2.75, 3.05) is 5.32 Å². The summed E-state index contributed by atoms with van der Waals surface area (Å²) in [5.74, 6) is -0.281. The van der Waals surface area contributed by atoms with E-state index in [1.807, 2.05) is 0 Å². The standard InChI is InChI=1S/C16H12Cl4N2O2/c17-11-2-1-10(13(19)7-11)9-24-21-6-5-16(23)22-15-4-3-12(18)8-14(15)20/h1-4,6-8H,5,9H2,(H,22,23). The predicted molar refractivity (Wildman–Crippen MR) is 99.5 cm³/mol. The third-order valence-corrected chi connectivity index (χ3v) is 4.00. The Bertz CT molecular complexity index is 766. The maximum absolute atomic E-state index is 11.8. The zero-order chi connectivity index (χ0) is 17.5. The van der Waals surface area contributed by atoms with Crippen LogP contribution in [-0.2, 0) is 16.2 Å². The molecule has 4 nitrogen and oxygen atoms in total. The molecule has 0 unspecified atom stereocenters. The highest BCUT2D eigenvalue weighted by Gasteiger charge is 2.05. The summed E-state index contributed by atoms with van der Waals surface area (Å²) in [7, 11) is 0. The predicted octanol–water partition coefficient (Wildman–Crippen LogP) is 5.83. The number of hydrogen-bond acceptors (Lipinski definition) is 3. The van der Waals surface area contributed by atoms with Gasteiger partial charge in [-0.25, -0.2) is 0 Å². The highest BCUT2D eigenvalue weighted by atomic mass is 35.5. The Hall–Kier alpha value is -1.46. The van der Waals surface area contributed by atoms with Gasteiger partial charge in [0.2, 0.25) is 5.91 Å². The summed E-state index contributed by atoms with van der Waals surface area (Å²) in [5.41, 5.74) is 1.23. The molecule has 2 aromatic rings. The van der Waals surface area contributed by atoms with E-state index in [0.717, 1.165) is 5.56 Å². The van der Waals surface area contributed by atoms with E-state index < -0.39 is 0 Å². The Balaban J connectivity index is 1.78. The lowest BCUT2D eigenvalue weighted by molar-refractivity contribution is -0.115. The number of halogens is 4. The van der Waals surface area contributed by atoms with E-state index in [9.17, 15) is 4.79 Å². The molecule has 0 aliphatic heterocycles. The molecule has 2 aromatic carbocycles. The summed E-state index contributed by atoms with van der Waals surface area (Å²) in [5, 5.41) is 8.26. The minimum atomic E-state index is -0.281. The third kappa shape index (κ3) is 5.87. The fourth-order valence-corrected chi connectivity index (χ4v) is 2.63. The highest BCUT2D eigenvalue weighted by Crippen LogP contribution is 2.25. The molecule has 8 heteroatoms. The SMILES string of the molecule is O=C(CC=NOCc1ccc(Cl)cc1Cl)Nc1ccc(Cl)cc1Cl. The molecular formula is C16H12Cl4N2O2. The van der Waals surface area contributed by atoms with Gasteiger partial charge in [-0.2, -0.15) is 0 Å². The van der Waals surface area contributed by atoms with Crippen LogP contribution < -0.4 is 5.32 Å². The molecule has 0 saturated carbocycles. The average Bonchev–Trinajstić information content (AvgIpc) is 2.51. The fourth-order valence-electron chi connectivity index (χ4n) is 1.71. The Morgan fingerprint density at radius 3 is 2.38 bits per heavy atom. The van der Waals surface area contributed by atoms with Crippen molar-refractivity contribution < 1.29 is 9.63 Å². The average molecular weight is 406 g/mol. The Morgan fingerprint density at radius 2 is 1.71 bits per heavy atom. The van der Waals surface area contributed by atoms with Crippen molar-refractivity contribution >= 4 is 64.2 Å². The fraction of sp³-hybridized carbons (Fsp3) is 0.125. The summed E-state index contributed by atoms with van der Waals surface area (Å²) in [6.45, 7) is 0.178. The van der Waals surface area contributed by atoms with Gasteiger partial charge in [-0.15, -0.1) is 0 Å². The monoisotopic (exact) mass is 404 g/mol. The zero-order valence-electron chi connectivity index (χ0n) is 12.2. The quantitative estimate of drug-likeness (QED) is 0.485. The number of carbonyl (C=O) groups is 1. The lowest BCUT2D eigenvalue weighted by atomic mass is 10.2. The summed E-state index contributed by atoms with van der Waals surface area (Å²) >= 11 is 23.6. The van der Waals surface area contributed by atoms with E-state index in [-0.39, 0.29) is 18.9 Å². The molecule has 1 N–H and O–H groups in total. The van der Waals surface area contributed by atoms with Crippen molar-refractivity contribution in [3.8, 4) is 0 Å². The third-order valence-electron chi connectivity index (χ3n) is 2.87. The number of oxime groups is 1. The number of benzene rings is 2. The van der Waals surface area contributed by atoms with Crippen LogP contribution in [0.5, 0.6) is 0 Å². The van der Waals surface area contributed by atoms with Crippen molar-refractivity contribution in [1.29, 1.82) is 0 Å². The van der Waals surface area contributed by atoms with E-state index in [0.29, 0.717) is 25.8 Å². The molecule has 1 amide bonds. The van der Waals surface area contributed by atoms with E-state index in [1.54, 1.807) is 36.4 Å². The normalized spacial score (nSPS) is 10.8. The van der Waals surface area contributed by atoms with Crippen molar-refractivity contribution in [2.24, 2.45) is 5.16 Å². The molecule has 0 bridgehead atoms. The number of nitrogens with zero attached hydrogens (tertiary/aromatic N) is 1. The van der Waals surface area contributed by atoms with E-state index in [2.05, 4.69) is 10.5 Å². The van der Waals surface area contributed by atoms with Crippen LogP contribution in [0.3, 0.4) is 0 Å². The maximum Gasteiger partial charge on any atom is 0.229 e. The first-order valence-corrected chi connectivity index (χ1v) is 8.29. The van der Waals surface area contributed by atoms with Gasteiger partial charge in [0.05, 0.1) is 23.3 Å². The smallest absolute Gasteiger partial charge is 0.229 e. The molecule has 2 rings (SSSR count). The largest absolute Gasteiger partial charge is 0.391 e. The van der Waals surface area contributed by atoms with Gasteiger partial charge < -0.3 is 10.2 Å². The summed E-state index contributed by atoms with van der Waals surface area (Å²) in [6.07, 6.45) is 1.39. The van der Waals surface area contributed by atoms with Crippen LogP contribution >= 0.6 is 46.4 Å². The van der Waals surface area contributed by atoms with Crippen LogP contribution in [0.1, 0.15) is 12.0 Å². The lowest BCUT2D eigenvalue weighted by Gasteiger charge is -2.06. The molecular weight excluding hydrogens is 394 g/mol. The first-order chi connectivity index (χ1) is 11.5. The Kier molecular flexibility index (Phi) is 7.18. The highest BCUT2D eigenvalue weighted by molar-refractivity contribution is 6.36. The van der Waals surface area contributed by atoms with Crippen LogP contribution in [0.4, 0.5) is 5.69 Å². The summed E-state index contributed by atoms with van der Waals surface area (Å²) in [4.78, 5) is 16.9. The van der Waals surface area contributed by atoms with Crippen LogP contribution in [0, 0.1) is 0 Å². The van der Waals surface area contributed by atoms with Crippen LogP contribution in [-0.4, -0.2) is 12.1 Å². The first-order valence-electron chi connectivity index (χ1n) is 6.78. The van der Waals surface area contributed by atoms with Crippen molar-refractivity contribution in [3.05, 3.63) is 62.1 Å². The maximum atomic E-state index is 11.8. The molecule has 0 aliphatic carbocycles. The molecule has 126 valence electrons. The molecule has 0 spiro atoms. The Morgan fingerprint density at radius 1 is 1.04 bits per heavy atom. The van der Waals surface area contributed by atoms with E-state index in [4.69, 9.17) is 51.2 Å². The molecule has 0 fully saturated rings. The minimum Gasteiger partial charge on any atom is -0.391 e. The van der Waals surface area contributed by atoms with Crippen LogP contribution in [0.2, 0.25) is 20.1 Å². The van der Waals surface area contributed by atoms with Gasteiger partial charge in [0.15, 0.2) is 0 Å². The molecule has 0 saturated heterocycles. The van der Waals surface area contributed by atoms with Gasteiger partial charge in [-0.1, -0.05) is 57.6 Å². The van der Waals surface area contributed by atoms with Gasteiger partial charge in [0, 0.05) is 20.6 Å². The number of hydrogen-bond donors (Lipinski definition) is 1. The van der Waals surface area contributed by atoms with Gasteiger partial charge in [0.1, 0.15) is 6.61 Å². The molecule has 0 radical (unpaired) electrons. The van der Waals surface area contributed by atoms with E-state index in [1.165, 1.54) is 6.21 Å². The topological polar surface area (TPSA) is 50.7 Å². The Labute approximate surface area is 159 Å². The molecule has 0 aliphatic rings. The summed E-state index contributed by atoms with van der Waals surface area (Å²) in [6, 6.07) is 9.88. The second kappa shape index (κ2) is 9.14. The second-order valence-electron chi connectivity index (χ2n) is 4.67. The number of rotatable bonds is 6. The number of anilines is 1. The van der Waals surface area contributed by atoms with Gasteiger partial charge in [0.25, 0.3) is 0 Å². The lowest BCUT2D eigenvalue weighted by Crippen LogP contribution is -2.12. The first kappa shape index (κ1) is 18.9. The van der Waals surface area contributed by atoms with E-state index >= 15 is 0 Å². The van der Waals surface area contributed by atoms with Crippen LogP contribution in [0.15, 0.2) is 41.6 Å². The second-order valence-corrected chi connectivity index (χ2v) is 6.36. The van der Waals surface area contributed by atoms with Gasteiger partial charge >= 0.3 is 0 Å². The number of carbonyl (C=O) groups excluding carboxylic acids is 1. The zero-order valence-corrected chi connectivity index (χ0v) is 15.3. The van der Waals surface area contributed by atoms with Gasteiger partial charge in [-0.05, 0) is 30.3 Å². The van der Waals surface area contributed by atoms with Gasteiger partial charge in [-0.3, -0.25) is 4.79 Å². The van der Waals surface area contributed by atoms with Crippen LogP contribution in [0.25, 0.3) is 0 Å². The molecule has 24 heavy (non-hydrogen) atoms.